The molecule has 0 saturated heterocycles. The zero-order valence-corrected chi connectivity index (χ0v) is 12.1. The zero-order chi connectivity index (χ0) is 7.66. The molecule has 75 valence electrons. The van der Waals surface area contributed by atoms with Gasteiger partial charge < -0.3 is 24.8 Å². The molecule has 3 heteroatoms. The average Bonchev–Trinajstić information content (AvgIpc) is 1.97. The van der Waals surface area contributed by atoms with E-state index in [4.69, 9.17) is 6.58 Å². The first-order chi connectivity index (χ1) is 4.91. The smallest absolute Gasteiger partial charge is 1.00 e. The van der Waals surface area contributed by atoms with Crippen LogP contribution in [0.4, 0.5) is 0 Å². The molecular weight excluding hydrogens is 282 g/mol. The van der Waals surface area contributed by atoms with Gasteiger partial charge >= 0.3 is 26.2 Å². The number of unbranched alkanes of at least 4 members (excludes halogenated alkanes) is 4. The summed E-state index contributed by atoms with van der Waals surface area (Å²) in [7, 11) is 0. The van der Waals surface area contributed by atoms with Crippen molar-refractivity contribution in [2.75, 3.05) is 0 Å². The van der Waals surface area contributed by atoms with Crippen LogP contribution in [0.5, 0.6) is 0 Å². The Bertz CT molecular complexity index is 103. The minimum Gasteiger partial charge on any atom is -1.00 e. The monoisotopic (exact) mass is 297 g/mol. The van der Waals surface area contributed by atoms with Crippen molar-refractivity contribution in [2.45, 2.75) is 39.0 Å². The summed E-state index contributed by atoms with van der Waals surface area (Å²) in [5.74, 6) is 0. The SMILES string of the molecule is [CH-]=C/C=C/CCCCCC.[Cl-].[Cl-].[Zr+3]. The first kappa shape index (κ1) is 23.6. The summed E-state index contributed by atoms with van der Waals surface area (Å²) in [6.07, 6.45) is 12.1. The third kappa shape index (κ3) is 24.6. The van der Waals surface area contributed by atoms with E-state index in [1.807, 2.05) is 6.08 Å². The second-order valence-corrected chi connectivity index (χ2v) is 2.47. The van der Waals surface area contributed by atoms with Gasteiger partial charge in [-0.3, -0.25) is 6.58 Å². The van der Waals surface area contributed by atoms with Crippen LogP contribution in [0.1, 0.15) is 39.0 Å². The molecule has 0 amide bonds. The van der Waals surface area contributed by atoms with Crippen molar-refractivity contribution in [1.29, 1.82) is 0 Å². The fourth-order valence-electron chi connectivity index (χ4n) is 0.864. The van der Waals surface area contributed by atoms with E-state index in [1.165, 1.54) is 32.1 Å². The van der Waals surface area contributed by atoms with E-state index in [0.717, 1.165) is 0 Å². The predicted octanol–water partition coefficient (Wildman–Crippen LogP) is -2.49. The molecule has 0 fully saturated rings. The van der Waals surface area contributed by atoms with Gasteiger partial charge in [0.2, 0.25) is 0 Å². The number of rotatable bonds is 6. The van der Waals surface area contributed by atoms with E-state index in [0.29, 0.717) is 0 Å². The molecule has 0 saturated carbocycles. The van der Waals surface area contributed by atoms with Crippen molar-refractivity contribution in [1.82, 2.24) is 0 Å². The fourth-order valence-corrected chi connectivity index (χ4v) is 0.864. The first-order valence-electron chi connectivity index (χ1n) is 4.12. The van der Waals surface area contributed by atoms with Crippen LogP contribution in [0.25, 0.3) is 0 Å². The van der Waals surface area contributed by atoms with Crippen molar-refractivity contribution in [2.24, 2.45) is 0 Å². The molecule has 0 atom stereocenters. The number of hydrogen-bond donors (Lipinski definition) is 0. The minimum absolute atomic E-state index is 0. The van der Waals surface area contributed by atoms with Crippen LogP contribution < -0.4 is 24.8 Å². The normalized spacial score (nSPS) is 8.08. The topological polar surface area (TPSA) is 0 Å². The minimum atomic E-state index is 0. The summed E-state index contributed by atoms with van der Waals surface area (Å²) < 4.78 is 0. The maximum atomic E-state index is 5.16. The third-order valence-corrected chi connectivity index (χ3v) is 1.47. The molecule has 0 aromatic rings. The molecule has 0 spiro atoms. The van der Waals surface area contributed by atoms with Gasteiger partial charge in [0, 0.05) is 0 Å². The van der Waals surface area contributed by atoms with Gasteiger partial charge in [-0.15, -0.1) is 0 Å². The molecule has 13 heavy (non-hydrogen) atoms. The van der Waals surface area contributed by atoms with Crippen LogP contribution in [-0.4, -0.2) is 0 Å². The van der Waals surface area contributed by atoms with E-state index in [-0.39, 0.29) is 51.0 Å². The van der Waals surface area contributed by atoms with E-state index in [9.17, 15) is 0 Å². The maximum absolute atomic E-state index is 5.16. The van der Waals surface area contributed by atoms with E-state index < -0.39 is 0 Å². The van der Waals surface area contributed by atoms with Gasteiger partial charge in [-0.2, -0.15) is 6.08 Å². The molecule has 0 unspecified atom stereocenters. The van der Waals surface area contributed by atoms with Crippen LogP contribution in [0.15, 0.2) is 18.2 Å². The van der Waals surface area contributed by atoms with Crippen molar-refractivity contribution >= 4 is 0 Å². The Morgan fingerprint density at radius 2 is 1.69 bits per heavy atom. The zero-order valence-electron chi connectivity index (χ0n) is 8.10. The van der Waals surface area contributed by atoms with E-state index >= 15 is 0 Å². The van der Waals surface area contributed by atoms with Crippen LogP contribution in [0, 0.1) is 6.58 Å². The average molecular weight is 299 g/mol. The van der Waals surface area contributed by atoms with Crippen molar-refractivity contribution in [3.05, 3.63) is 24.8 Å². The fraction of sp³-hybridized carbons (Fsp3) is 0.600. The summed E-state index contributed by atoms with van der Waals surface area (Å²) in [6.45, 7) is 7.38. The molecule has 0 nitrogen and oxygen atoms in total. The summed E-state index contributed by atoms with van der Waals surface area (Å²) >= 11 is 0. The quantitative estimate of drug-likeness (QED) is 0.289. The van der Waals surface area contributed by atoms with Gasteiger partial charge in [-0.25, -0.2) is 12.2 Å². The summed E-state index contributed by atoms with van der Waals surface area (Å²) in [4.78, 5) is 0. The van der Waals surface area contributed by atoms with Crippen LogP contribution >= 0.6 is 0 Å². The largest absolute Gasteiger partial charge is 3.00 e. The standard InChI is InChI=1S/C10H17.2ClH.Zr/c1-3-5-7-9-10-8-6-4-2;;;/h1,3,5,7H,4,6,8-10H2,2H3;2*1H;/q-1;;;+3/p-2/b7-5+;;;. The molecule has 0 bridgehead atoms. The van der Waals surface area contributed by atoms with Crippen molar-refractivity contribution < 1.29 is 51.0 Å². The molecule has 0 rings (SSSR count). The summed E-state index contributed by atoms with van der Waals surface area (Å²) in [5.41, 5.74) is 0. The van der Waals surface area contributed by atoms with Gasteiger partial charge in [0.25, 0.3) is 0 Å². The summed E-state index contributed by atoms with van der Waals surface area (Å²) in [5, 5.41) is 0. The van der Waals surface area contributed by atoms with E-state index in [1.54, 1.807) is 6.08 Å². The second-order valence-electron chi connectivity index (χ2n) is 2.47. The van der Waals surface area contributed by atoms with Gasteiger partial charge in [-0.1, -0.05) is 39.0 Å². The van der Waals surface area contributed by atoms with Gasteiger partial charge in [0.05, 0.1) is 0 Å². The molecule has 0 heterocycles. The predicted molar refractivity (Wildman–Crippen MR) is 46.8 cm³/mol. The molecule has 0 aliphatic carbocycles. The number of hydrogen-bond acceptors (Lipinski definition) is 0. The summed E-state index contributed by atoms with van der Waals surface area (Å²) in [6, 6.07) is 0. The number of halogens is 2. The first-order valence-corrected chi connectivity index (χ1v) is 4.12. The van der Waals surface area contributed by atoms with Crippen LogP contribution in [0.2, 0.25) is 0 Å². The Kier molecular flexibility index (Phi) is 42.0. The van der Waals surface area contributed by atoms with Gasteiger partial charge in [0.15, 0.2) is 0 Å². The van der Waals surface area contributed by atoms with Crippen molar-refractivity contribution in [3.63, 3.8) is 0 Å². The van der Waals surface area contributed by atoms with E-state index in [2.05, 4.69) is 13.0 Å². The Morgan fingerprint density at radius 3 is 2.15 bits per heavy atom. The third-order valence-electron chi connectivity index (χ3n) is 1.47. The van der Waals surface area contributed by atoms with Crippen molar-refractivity contribution in [3.8, 4) is 0 Å². The molecule has 0 aliphatic rings. The second kappa shape index (κ2) is 23.1. The molecule has 0 aliphatic heterocycles. The Balaban J connectivity index is -0.000000135. The van der Waals surface area contributed by atoms with Crippen LogP contribution in [0.3, 0.4) is 0 Å². The van der Waals surface area contributed by atoms with Gasteiger partial charge in [0.1, 0.15) is 0 Å². The Morgan fingerprint density at radius 1 is 1.08 bits per heavy atom. The molecular formula is C10H17Cl2Zr. The maximum Gasteiger partial charge on any atom is 3.00 e. The number of allylic oxidation sites excluding steroid dienone is 3. The molecule has 0 aromatic heterocycles. The van der Waals surface area contributed by atoms with Gasteiger partial charge in [-0.05, 0) is 0 Å². The Labute approximate surface area is 114 Å². The molecule has 0 aromatic carbocycles. The van der Waals surface area contributed by atoms with Crippen LogP contribution in [-0.2, 0) is 26.2 Å². The molecule has 0 N–H and O–H groups in total. The molecule has 1 radical (unpaired) electrons. The Hall–Kier alpha value is 0.943.